The van der Waals surface area contributed by atoms with E-state index in [1.165, 1.54) is 25.8 Å². The van der Waals surface area contributed by atoms with E-state index >= 15 is 0 Å². The first-order valence-electron chi connectivity index (χ1n) is 5.25. The van der Waals surface area contributed by atoms with Crippen LogP contribution in [0.1, 0.15) is 47.0 Å². The Bertz CT molecular complexity index is 134. The third-order valence-corrected chi connectivity index (χ3v) is 3.12. The molecule has 0 aliphatic carbocycles. The van der Waals surface area contributed by atoms with Crippen LogP contribution in [0.3, 0.4) is 0 Å². The van der Waals surface area contributed by atoms with Crippen LogP contribution in [0.5, 0.6) is 0 Å². The average molecular weight is 169 g/mol. The predicted molar refractivity (Wildman–Crippen MR) is 54.3 cm³/mol. The quantitative estimate of drug-likeness (QED) is 0.588. The molecule has 72 valence electrons. The van der Waals surface area contributed by atoms with E-state index in [0.29, 0.717) is 11.5 Å². The Morgan fingerprint density at radius 2 is 1.83 bits per heavy atom. The standard InChI is InChI=1S/C11H23N/c1-9-10(11(2,3)4)7-5-6-8-12-9/h9-10,12H,5-8H2,1-4H3/t9-,10-/m1/s1. The normalized spacial score (nSPS) is 33.0. The van der Waals surface area contributed by atoms with Crippen molar-refractivity contribution in [1.29, 1.82) is 0 Å². The van der Waals surface area contributed by atoms with Gasteiger partial charge in [-0.2, -0.15) is 0 Å². The van der Waals surface area contributed by atoms with E-state index in [0.717, 1.165) is 5.92 Å². The molecule has 0 bridgehead atoms. The van der Waals surface area contributed by atoms with Gasteiger partial charge in [0.15, 0.2) is 0 Å². The summed E-state index contributed by atoms with van der Waals surface area (Å²) in [5.74, 6) is 0.847. The summed E-state index contributed by atoms with van der Waals surface area (Å²) in [5.41, 5.74) is 0.469. The van der Waals surface area contributed by atoms with Gasteiger partial charge in [0.05, 0.1) is 0 Å². The van der Waals surface area contributed by atoms with Crippen molar-refractivity contribution in [2.24, 2.45) is 11.3 Å². The topological polar surface area (TPSA) is 12.0 Å². The van der Waals surface area contributed by atoms with E-state index in [1.807, 2.05) is 0 Å². The van der Waals surface area contributed by atoms with Gasteiger partial charge in [0.25, 0.3) is 0 Å². The molecule has 1 aliphatic rings. The average Bonchev–Trinajstić information content (AvgIpc) is 2.11. The van der Waals surface area contributed by atoms with Crippen LogP contribution in [0, 0.1) is 11.3 Å². The molecule has 0 aromatic heterocycles. The van der Waals surface area contributed by atoms with Gasteiger partial charge < -0.3 is 5.32 Å². The van der Waals surface area contributed by atoms with Crippen LogP contribution < -0.4 is 5.32 Å². The van der Waals surface area contributed by atoms with E-state index in [-0.39, 0.29) is 0 Å². The summed E-state index contributed by atoms with van der Waals surface area (Å²) in [6.45, 7) is 10.6. The third-order valence-electron chi connectivity index (χ3n) is 3.12. The summed E-state index contributed by atoms with van der Waals surface area (Å²) in [4.78, 5) is 0. The van der Waals surface area contributed by atoms with Crippen LogP contribution in [-0.4, -0.2) is 12.6 Å². The van der Waals surface area contributed by atoms with Crippen LogP contribution >= 0.6 is 0 Å². The van der Waals surface area contributed by atoms with Crippen molar-refractivity contribution in [3.8, 4) is 0 Å². The number of hydrogen-bond donors (Lipinski definition) is 1. The minimum Gasteiger partial charge on any atom is -0.314 e. The summed E-state index contributed by atoms with van der Waals surface area (Å²) >= 11 is 0. The first-order valence-corrected chi connectivity index (χ1v) is 5.25. The molecule has 0 unspecified atom stereocenters. The lowest BCUT2D eigenvalue weighted by atomic mass is 9.74. The maximum atomic E-state index is 3.60. The fourth-order valence-corrected chi connectivity index (χ4v) is 2.39. The molecular weight excluding hydrogens is 146 g/mol. The molecular formula is C11H23N. The van der Waals surface area contributed by atoms with Gasteiger partial charge in [0, 0.05) is 6.04 Å². The molecule has 0 radical (unpaired) electrons. The van der Waals surface area contributed by atoms with Crippen molar-refractivity contribution in [1.82, 2.24) is 5.32 Å². The van der Waals surface area contributed by atoms with Crippen molar-refractivity contribution in [2.45, 2.75) is 53.0 Å². The Labute approximate surface area is 76.9 Å². The molecule has 1 rings (SSSR count). The molecule has 1 fully saturated rings. The second-order valence-corrected chi connectivity index (χ2v) is 5.21. The fraction of sp³-hybridized carbons (Fsp3) is 1.00. The van der Waals surface area contributed by atoms with Crippen LogP contribution in [0.15, 0.2) is 0 Å². The lowest BCUT2D eigenvalue weighted by Crippen LogP contribution is -2.38. The maximum absolute atomic E-state index is 3.60. The summed E-state index contributed by atoms with van der Waals surface area (Å²) < 4.78 is 0. The highest BCUT2D eigenvalue weighted by atomic mass is 14.9. The van der Waals surface area contributed by atoms with E-state index < -0.39 is 0 Å². The minimum absolute atomic E-state index is 0.469. The van der Waals surface area contributed by atoms with Gasteiger partial charge in [-0.1, -0.05) is 27.2 Å². The zero-order valence-electron chi connectivity index (χ0n) is 8.98. The highest BCUT2D eigenvalue weighted by Gasteiger charge is 2.29. The SMILES string of the molecule is C[C@H]1NCCCC[C@H]1C(C)(C)C. The van der Waals surface area contributed by atoms with Crippen LogP contribution in [0.25, 0.3) is 0 Å². The molecule has 1 heteroatoms. The van der Waals surface area contributed by atoms with Gasteiger partial charge in [0.2, 0.25) is 0 Å². The molecule has 2 atom stereocenters. The molecule has 0 aromatic carbocycles. The van der Waals surface area contributed by atoms with E-state index in [1.54, 1.807) is 0 Å². The van der Waals surface area contributed by atoms with Crippen molar-refractivity contribution < 1.29 is 0 Å². The lowest BCUT2D eigenvalue weighted by Gasteiger charge is -2.34. The lowest BCUT2D eigenvalue weighted by molar-refractivity contribution is 0.185. The fourth-order valence-electron chi connectivity index (χ4n) is 2.39. The minimum atomic E-state index is 0.469. The molecule has 1 saturated heterocycles. The predicted octanol–water partition coefficient (Wildman–Crippen LogP) is 2.81. The molecule has 0 spiro atoms. The third kappa shape index (κ3) is 2.48. The molecule has 12 heavy (non-hydrogen) atoms. The van der Waals surface area contributed by atoms with Gasteiger partial charge in [0.1, 0.15) is 0 Å². The summed E-state index contributed by atoms with van der Waals surface area (Å²) in [6, 6.07) is 0.701. The largest absolute Gasteiger partial charge is 0.314 e. The second kappa shape index (κ2) is 3.78. The summed E-state index contributed by atoms with van der Waals surface area (Å²) in [7, 11) is 0. The van der Waals surface area contributed by atoms with Crippen molar-refractivity contribution in [2.75, 3.05) is 6.54 Å². The maximum Gasteiger partial charge on any atom is 0.00719 e. The Morgan fingerprint density at radius 3 is 2.42 bits per heavy atom. The van der Waals surface area contributed by atoms with E-state index in [9.17, 15) is 0 Å². The number of nitrogens with one attached hydrogen (secondary N) is 1. The monoisotopic (exact) mass is 169 g/mol. The molecule has 0 saturated carbocycles. The first kappa shape index (κ1) is 10.0. The zero-order valence-corrected chi connectivity index (χ0v) is 8.98. The van der Waals surface area contributed by atoms with Crippen molar-refractivity contribution in [3.05, 3.63) is 0 Å². The first-order chi connectivity index (χ1) is 5.52. The van der Waals surface area contributed by atoms with Crippen LogP contribution in [0.2, 0.25) is 0 Å². The van der Waals surface area contributed by atoms with Crippen molar-refractivity contribution in [3.63, 3.8) is 0 Å². The molecule has 0 amide bonds. The van der Waals surface area contributed by atoms with Gasteiger partial charge >= 0.3 is 0 Å². The van der Waals surface area contributed by atoms with E-state index in [4.69, 9.17) is 0 Å². The Morgan fingerprint density at radius 1 is 1.17 bits per heavy atom. The Balaban J connectivity index is 2.59. The number of hydrogen-bond acceptors (Lipinski definition) is 1. The summed E-state index contributed by atoms with van der Waals surface area (Å²) in [5, 5.41) is 3.60. The van der Waals surface area contributed by atoms with Crippen LogP contribution in [0.4, 0.5) is 0 Å². The second-order valence-electron chi connectivity index (χ2n) is 5.21. The van der Waals surface area contributed by atoms with Crippen molar-refractivity contribution >= 4 is 0 Å². The molecule has 1 nitrogen and oxygen atoms in total. The Kier molecular flexibility index (Phi) is 3.16. The zero-order chi connectivity index (χ0) is 9.19. The molecule has 1 heterocycles. The van der Waals surface area contributed by atoms with Gasteiger partial charge in [-0.25, -0.2) is 0 Å². The highest BCUT2D eigenvalue weighted by Crippen LogP contribution is 2.33. The summed E-state index contributed by atoms with van der Waals surface area (Å²) in [6.07, 6.45) is 4.16. The van der Waals surface area contributed by atoms with Crippen LogP contribution in [-0.2, 0) is 0 Å². The number of rotatable bonds is 0. The molecule has 1 aliphatic heterocycles. The Hall–Kier alpha value is -0.0400. The molecule has 0 aromatic rings. The van der Waals surface area contributed by atoms with Gasteiger partial charge in [-0.3, -0.25) is 0 Å². The van der Waals surface area contributed by atoms with Gasteiger partial charge in [-0.15, -0.1) is 0 Å². The highest BCUT2D eigenvalue weighted by molar-refractivity contribution is 4.84. The van der Waals surface area contributed by atoms with E-state index in [2.05, 4.69) is 33.0 Å². The smallest absolute Gasteiger partial charge is 0.00719 e. The molecule has 1 N–H and O–H groups in total. The van der Waals surface area contributed by atoms with Gasteiger partial charge in [-0.05, 0) is 37.6 Å².